The number of aromatic nitrogens is 3. The number of fused-ring (bicyclic) bond motifs is 2. The quantitative estimate of drug-likeness (QED) is 0.837. The van der Waals surface area contributed by atoms with Crippen LogP contribution in [0.2, 0.25) is 0 Å². The highest BCUT2D eigenvalue weighted by molar-refractivity contribution is 5.47. The van der Waals surface area contributed by atoms with E-state index in [2.05, 4.69) is 26.6 Å². The summed E-state index contributed by atoms with van der Waals surface area (Å²) in [6, 6.07) is 5.58. The third-order valence-electron chi connectivity index (χ3n) is 6.19. The molecule has 0 spiro atoms. The van der Waals surface area contributed by atoms with Crippen molar-refractivity contribution in [3.05, 3.63) is 30.4 Å². The van der Waals surface area contributed by atoms with E-state index in [1.54, 1.807) is 6.33 Å². The Morgan fingerprint density at radius 1 is 1.18 bits per heavy atom. The van der Waals surface area contributed by atoms with Gasteiger partial charge in [-0.05, 0) is 43.7 Å². The minimum Gasteiger partial charge on any atom is -0.488 e. The lowest BCUT2D eigenvalue weighted by atomic mass is 9.78. The zero-order chi connectivity index (χ0) is 19.1. The Labute approximate surface area is 164 Å². The number of hydrogen-bond acceptors (Lipinski definition) is 7. The fourth-order valence-electron chi connectivity index (χ4n) is 4.73. The first-order valence-corrected chi connectivity index (χ1v) is 10.0. The molecule has 5 rings (SSSR count). The van der Waals surface area contributed by atoms with Crippen molar-refractivity contribution in [3.63, 3.8) is 0 Å². The molecule has 2 aromatic rings. The average Bonchev–Trinajstić information content (AvgIpc) is 3.41. The first kappa shape index (κ1) is 17.8. The second-order valence-electron chi connectivity index (χ2n) is 7.96. The molecule has 0 amide bonds. The van der Waals surface area contributed by atoms with Crippen molar-refractivity contribution in [3.8, 4) is 17.2 Å². The molecule has 0 unspecified atom stereocenters. The zero-order valence-electron chi connectivity index (χ0n) is 16.0. The third kappa shape index (κ3) is 3.31. The fraction of sp³-hybridized carbons (Fsp3) is 0.600. The van der Waals surface area contributed by atoms with Crippen LogP contribution in [0.1, 0.15) is 25.6 Å². The number of benzene rings is 1. The SMILES string of the molecule is CCn1cnnc1CN1C[C@H]2C[C@@H](Oc3ccc4c(c3)OCO4)[C@H](O)C[C@H]2C1. The van der Waals surface area contributed by atoms with E-state index < -0.39 is 6.10 Å². The number of hydrogen-bond donors (Lipinski definition) is 1. The molecule has 150 valence electrons. The van der Waals surface area contributed by atoms with Gasteiger partial charge in [0.15, 0.2) is 11.5 Å². The Balaban J connectivity index is 1.22. The second kappa shape index (κ2) is 7.25. The van der Waals surface area contributed by atoms with Crippen LogP contribution in [0.3, 0.4) is 0 Å². The molecule has 1 aliphatic carbocycles. The molecule has 3 heterocycles. The second-order valence-corrected chi connectivity index (χ2v) is 7.96. The molecule has 28 heavy (non-hydrogen) atoms. The summed E-state index contributed by atoms with van der Waals surface area (Å²) in [7, 11) is 0. The number of likely N-dealkylation sites (tertiary alicyclic amines) is 1. The lowest BCUT2D eigenvalue weighted by Crippen LogP contribution is -2.42. The van der Waals surface area contributed by atoms with E-state index in [0.29, 0.717) is 17.6 Å². The summed E-state index contributed by atoms with van der Waals surface area (Å²) in [4.78, 5) is 2.43. The molecule has 3 aliphatic rings. The van der Waals surface area contributed by atoms with E-state index in [9.17, 15) is 5.11 Å². The predicted molar refractivity (Wildman–Crippen MR) is 100 cm³/mol. The number of aryl methyl sites for hydroxylation is 1. The van der Waals surface area contributed by atoms with Crippen LogP contribution in [-0.2, 0) is 13.1 Å². The van der Waals surface area contributed by atoms with Gasteiger partial charge in [-0.15, -0.1) is 10.2 Å². The monoisotopic (exact) mass is 386 g/mol. The van der Waals surface area contributed by atoms with Crippen molar-refractivity contribution in [2.45, 2.75) is 45.1 Å². The largest absolute Gasteiger partial charge is 0.488 e. The maximum Gasteiger partial charge on any atom is 0.231 e. The summed E-state index contributed by atoms with van der Waals surface area (Å²) in [6.45, 7) is 6.04. The van der Waals surface area contributed by atoms with Gasteiger partial charge in [-0.1, -0.05) is 0 Å². The molecule has 0 bridgehead atoms. The van der Waals surface area contributed by atoms with Crippen LogP contribution in [0.4, 0.5) is 0 Å². The Bertz CT molecular complexity index is 841. The van der Waals surface area contributed by atoms with Crippen molar-refractivity contribution in [2.75, 3.05) is 19.9 Å². The summed E-state index contributed by atoms with van der Waals surface area (Å²) in [6.07, 6.45) is 2.78. The van der Waals surface area contributed by atoms with E-state index in [1.165, 1.54) is 0 Å². The van der Waals surface area contributed by atoms with Gasteiger partial charge < -0.3 is 23.9 Å². The highest BCUT2D eigenvalue weighted by Crippen LogP contribution is 2.40. The van der Waals surface area contributed by atoms with Crippen LogP contribution in [0.25, 0.3) is 0 Å². The molecule has 8 nitrogen and oxygen atoms in total. The standard InChI is InChI=1S/C20H26N4O4/c1-2-24-11-21-22-20(24)10-23-8-13-5-16(25)18(6-14(13)9-23)28-15-3-4-17-19(7-15)27-12-26-17/h3-4,7,11,13-14,16,18,25H,2,5-6,8-10,12H2,1H3/t13-,14+,16+,18+/m0/s1. The van der Waals surface area contributed by atoms with Gasteiger partial charge in [-0.25, -0.2) is 0 Å². The lowest BCUT2D eigenvalue weighted by Gasteiger charge is -2.35. The minimum atomic E-state index is -0.453. The van der Waals surface area contributed by atoms with Gasteiger partial charge in [0.05, 0.1) is 12.6 Å². The molecule has 2 aliphatic heterocycles. The van der Waals surface area contributed by atoms with Gasteiger partial charge in [0.2, 0.25) is 6.79 Å². The van der Waals surface area contributed by atoms with E-state index in [4.69, 9.17) is 14.2 Å². The highest BCUT2D eigenvalue weighted by atomic mass is 16.7. The van der Waals surface area contributed by atoms with Crippen LogP contribution in [0.15, 0.2) is 24.5 Å². The normalized spacial score (nSPS) is 29.1. The van der Waals surface area contributed by atoms with Crippen LogP contribution in [0.5, 0.6) is 17.2 Å². The average molecular weight is 386 g/mol. The fourth-order valence-corrected chi connectivity index (χ4v) is 4.73. The van der Waals surface area contributed by atoms with Crippen LogP contribution >= 0.6 is 0 Å². The summed E-state index contributed by atoms with van der Waals surface area (Å²) in [5.74, 6) is 4.20. The van der Waals surface area contributed by atoms with E-state index in [1.807, 2.05) is 18.2 Å². The number of aliphatic hydroxyl groups excluding tert-OH is 1. The Morgan fingerprint density at radius 3 is 2.86 bits per heavy atom. The number of nitrogens with zero attached hydrogens (tertiary/aromatic N) is 4. The molecule has 1 saturated carbocycles. The zero-order valence-corrected chi connectivity index (χ0v) is 16.0. The summed E-state index contributed by atoms with van der Waals surface area (Å²) < 4.78 is 19.0. The molecule has 1 aromatic heterocycles. The first-order chi connectivity index (χ1) is 13.7. The van der Waals surface area contributed by atoms with E-state index in [-0.39, 0.29) is 12.9 Å². The van der Waals surface area contributed by atoms with Gasteiger partial charge in [-0.3, -0.25) is 4.90 Å². The van der Waals surface area contributed by atoms with Crippen molar-refractivity contribution in [1.29, 1.82) is 0 Å². The Kier molecular flexibility index (Phi) is 4.60. The molecule has 2 fully saturated rings. The van der Waals surface area contributed by atoms with Crippen molar-refractivity contribution in [2.24, 2.45) is 11.8 Å². The van der Waals surface area contributed by atoms with Crippen LogP contribution < -0.4 is 14.2 Å². The summed E-state index contributed by atoms with van der Waals surface area (Å²) in [5.41, 5.74) is 0. The minimum absolute atomic E-state index is 0.194. The Hall–Kier alpha value is -2.32. The molecule has 1 N–H and O–H groups in total. The first-order valence-electron chi connectivity index (χ1n) is 10.0. The third-order valence-corrected chi connectivity index (χ3v) is 6.19. The lowest BCUT2D eigenvalue weighted by molar-refractivity contribution is -0.0232. The predicted octanol–water partition coefficient (Wildman–Crippen LogP) is 1.68. The maximum atomic E-state index is 10.7. The molecule has 1 aromatic carbocycles. The maximum absolute atomic E-state index is 10.7. The van der Waals surface area contributed by atoms with Crippen molar-refractivity contribution in [1.82, 2.24) is 19.7 Å². The molecule has 1 saturated heterocycles. The van der Waals surface area contributed by atoms with Gasteiger partial charge in [0.1, 0.15) is 24.0 Å². The highest BCUT2D eigenvalue weighted by Gasteiger charge is 2.43. The topological polar surface area (TPSA) is 81.9 Å². The summed E-state index contributed by atoms with van der Waals surface area (Å²) in [5, 5.41) is 19.0. The van der Waals surface area contributed by atoms with Crippen LogP contribution in [0, 0.1) is 11.8 Å². The van der Waals surface area contributed by atoms with Crippen molar-refractivity contribution < 1.29 is 19.3 Å². The van der Waals surface area contributed by atoms with Gasteiger partial charge >= 0.3 is 0 Å². The van der Waals surface area contributed by atoms with Crippen molar-refractivity contribution >= 4 is 0 Å². The summed E-state index contributed by atoms with van der Waals surface area (Å²) >= 11 is 0. The smallest absolute Gasteiger partial charge is 0.231 e. The Morgan fingerprint density at radius 2 is 2.00 bits per heavy atom. The van der Waals surface area contributed by atoms with Gasteiger partial charge in [0.25, 0.3) is 0 Å². The molecule has 0 radical (unpaired) electrons. The van der Waals surface area contributed by atoms with Gasteiger partial charge in [-0.2, -0.15) is 0 Å². The number of rotatable bonds is 5. The van der Waals surface area contributed by atoms with E-state index >= 15 is 0 Å². The number of ether oxygens (including phenoxy) is 3. The molecular weight excluding hydrogens is 360 g/mol. The number of aliphatic hydroxyl groups is 1. The van der Waals surface area contributed by atoms with Crippen LogP contribution in [-0.4, -0.2) is 56.9 Å². The molecule has 4 atom stereocenters. The molecular formula is C20H26N4O4. The molecule has 8 heteroatoms. The van der Waals surface area contributed by atoms with Gasteiger partial charge in [0, 0.05) is 25.7 Å². The van der Waals surface area contributed by atoms with E-state index in [0.717, 1.165) is 56.3 Å².